The molecule has 0 aliphatic rings. The van der Waals surface area contributed by atoms with Crippen molar-refractivity contribution in [2.24, 2.45) is 0 Å². The summed E-state index contributed by atoms with van der Waals surface area (Å²) >= 11 is 0. The number of amides is 2. The van der Waals surface area contributed by atoms with Crippen LogP contribution in [-0.2, 0) is 0 Å². The third-order valence-electron chi connectivity index (χ3n) is 4.46. The van der Waals surface area contributed by atoms with Gasteiger partial charge in [-0.1, -0.05) is 30.3 Å². The maximum Gasteiger partial charge on any atom is 0.271 e. The topological polar surface area (TPSA) is 101 Å². The Morgan fingerprint density at radius 3 is 1.93 bits per heavy atom. The Morgan fingerprint density at radius 2 is 1.31 bits per heavy atom. The summed E-state index contributed by atoms with van der Waals surface area (Å²) in [7, 11) is 0. The zero-order valence-electron chi connectivity index (χ0n) is 15.9. The van der Waals surface area contributed by atoms with Gasteiger partial charge in [0.2, 0.25) is 0 Å². The number of rotatable bonds is 5. The molecule has 0 atom stereocenters. The van der Waals surface area contributed by atoms with E-state index in [1.807, 2.05) is 13.0 Å². The molecule has 0 aliphatic heterocycles. The van der Waals surface area contributed by atoms with Gasteiger partial charge in [-0.2, -0.15) is 0 Å². The van der Waals surface area contributed by atoms with Crippen LogP contribution >= 0.6 is 0 Å². The lowest BCUT2D eigenvalue weighted by Gasteiger charge is -2.12. The molecule has 0 radical (unpaired) electrons. The van der Waals surface area contributed by atoms with E-state index in [0.717, 1.165) is 5.56 Å². The number of carbonyl (C=O) groups is 2. The summed E-state index contributed by atoms with van der Waals surface area (Å²) in [5.74, 6) is -0.704. The minimum Gasteiger partial charge on any atom is -0.322 e. The molecule has 0 saturated carbocycles. The fourth-order valence-electron chi connectivity index (χ4n) is 2.73. The van der Waals surface area contributed by atoms with Crippen LogP contribution in [0.2, 0.25) is 0 Å². The highest BCUT2D eigenvalue weighted by molar-refractivity contribution is 6.08. The van der Waals surface area contributed by atoms with Crippen molar-refractivity contribution in [1.82, 2.24) is 0 Å². The average molecular weight is 389 g/mol. The van der Waals surface area contributed by atoms with E-state index in [9.17, 15) is 19.7 Å². The van der Waals surface area contributed by atoms with Gasteiger partial charge in [0.1, 0.15) is 0 Å². The molecule has 0 spiro atoms. The summed E-state index contributed by atoms with van der Waals surface area (Å²) in [4.78, 5) is 35.5. The van der Waals surface area contributed by atoms with Crippen LogP contribution in [0.3, 0.4) is 0 Å². The van der Waals surface area contributed by atoms with Gasteiger partial charge in [-0.25, -0.2) is 0 Å². The molecule has 2 amide bonds. The Hall–Kier alpha value is -4.00. The molecule has 0 heterocycles. The molecule has 0 fully saturated rings. The van der Waals surface area contributed by atoms with E-state index in [1.165, 1.54) is 12.1 Å². The highest BCUT2D eigenvalue weighted by Crippen LogP contribution is 2.24. The van der Waals surface area contributed by atoms with E-state index in [2.05, 4.69) is 10.6 Å². The van der Waals surface area contributed by atoms with Gasteiger partial charge in [-0.05, 0) is 49.2 Å². The number of nitrogens with one attached hydrogen (secondary N) is 2. The van der Waals surface area contributed by atoms with E-state index in [0.29, 0.717) is 28.1 Å². The number of aryl methyl sites for hydroxylation is 2. The Bertz CT molecular complexity index is 1090. The van der Waals surface area contributed by atoms with Gasteiger partial charge in [-0.3, -0.25) is 19.7 Å². The molecule has 0 aromatic heterocycles. The highest BCUT2D eigenvalue weighted by atomic mass is 16.6. The molecule has 0 aliphatic carbocycles. The summed E-state index contributed by atoms with van der Waals surface area (Å²) in [6, 6.07) is 18.0. The SMILES string of the molecule is Cc1ccc(C(=O)Nc2cc([N+](=O)[O-])ccc2C)cc1NC(=O)c1ccccc1. The van der Waals surface area contributed by atoms with E-state index < -0.39 is 10.8 Å². The Kier molecular flexibility index (Phi) is 5.69. The van der Waals surface area contributed by atoms with Gasteiger partial charge in [0.15, 0.2) is 0 Å². The summed E-state index contributed by atoms with van der Waals surface area (Å²) in [6.07, 6.45) is 0. The van der Waals surface area contributed by atoms with Crippen molar-refractivity contribution in [3.63, 3.8) is 0 Å². The highest BCUT2D eigenvalue weighted by Gasteiger charge is 2.14. The van der Waals surface area contributed by atoms with Crippen molar-refractivity contribution in [2.75, 3.05) is 10.6 Å². The fraction of sp³-hybridized carbons (Fsp3) is 0.0909. The molecule has 3 aromatic carbocycles. The maximum atomic E-state index is 12.7. The van der Waals surface area contributed by atoms with Crippen LogP contribution in [-0.4, -0.2) is 16.7 Å². The van der Waals surface area contributed by atoms with Crippen LogP contribution in [0.4, 0.5) is 17.1 Å². The molecule has 29 heavy (non-hydrogen) atoms. The zero-order valence-corrected chi connectivity index (χ0v) is 15.9. The molecule has 2 N–H and O–H groups in total. The number of nitro benzene ring substituents is 1. The normalized spacial score (nSPS) is 10.3. The standard InChI is InChI=1S/C22H19N3O4/c1-14-8-10-17(12-19(14)23-21(26)16-6-4-3-5-7-16)22(27)24-20-13-18(25(28)29)11-9-15(20)2/h3-13H,1-2H3,(H,23,26)(H,24,27). The number of nitrogens with zero attached hydrogens (tertiary/aromatic N) is 1. The van der Waals surface area contributed by atoms with E-state index in [4.69, 9.17) is 0 Å². The summed E-state index contributed by atoms with van der Waals surface area (Å²) in [5, 5.41) is 16.5. The molecule has 0 unspecified atom stereocenters. The van der Waals surface area contributed by atoms with E-state index >= 15 is 0 Å². The largest absolute Gasteiger partial charge is 0.322 e. The van der Waals surface area contributed by atoms with Crippen molar-refractivity contribution < 1.29 is 14.5 Å². The first-order valence-electron chi connectivity index (χ1n) is 8.88. The molecule has 146 valence electrons. The molecular weight excluding hydrogens is 370 g/mol. The number of hydrogen-bond acceptors (Lipinski definition) is 4. The molecule has 3 rings (SSSR count). The zero-order chi connectivity index (χ0) is 21.0. The van der Waals surface area contributed by atoms with Gasteiger partial charge in [0.05, 0.1) is 10.6 Å². The molecular formula is C22H19N3O4. The molecule has 0 saturated heterocycles. The quantitative estimate of drug-likeness (QED) is 0.487. The minimum atomic E-state index is -0.516. The van der Waals surface area contributed by atoms with Crippen molar-refractivity contribution in [2.45, 2.75) is 13.8 Å². The third-order valence-corrected chi connectivity index (χ3v) is 4.46. The van der Waals surface area contributed by atoms with E-state index in [1.54, 1.807) is 55.5 Å². The van der Waals surface area contributed by atoms with Crippen molar-refractivity contribution >= 4 is 28.9 Å². The predicted molar refractivity (Wildman–Crippen MR) is 111 cm³/mol. The fourth-order valence-corrected chi connectivity index (χ4v) is 2.73. The second-order valence-corrected chi connectivity index (χ2v) is 6.56. The number of benzene rings is 3. The number of carbonyl (C=O) groups excluding carboxylic acids is 2. The number of non-ortho nitro benzene ring substituents is 1. The molecule has 7 nitrogen and oxygen atoms in total. The average Bonchev–Trinajstić information content (AvgIpc) is 2.71. The lowest BCUT2D eigenvalue weighted by molar-refractivity contribution is -0.384. The second-order valence-electron chi connectivity index (χ2n) is 6.56. The number of anilines is 2. The van der Waals surface area contributed by atoms with E-state index in [-0.39, 0.29) is 11.6 Å². The van der Waals surface area contributed by atoms with Crippen LogP contribution in [0.1, 0.15) is 31.8 Å². The smallest absolute Gasteiger partial charge is 0.271 e. The van der Waals surface area contributed by atoms with Crippen LogP contribution in [0.25, 0.3) is 0 Å². The van der Waals surface area contributed by atoms with Crippen LogP contribution < -0.4 is 10.6 Å². The lowest BCUT2D eigenvalue weighted by atomic mass is 10.1. The monoisotopic (exact) mass is 389 g/mol. The van der Waals surface area contributed by atoms with Crippen molar-refractivity contribution in [1.29, 1.82) is 0 Å². The van der Waals surface area contributed by atoms with Crippen molar-refractivity contribution in [3.05, 3.63) is 99.1 Å². The van der Waals surface area contributed by atoms with Gasteiger partial charge in [-0.15, -0.1) is 0 Å². The molecule has 7 heteroatoms. The molecule has 3 aromatic rings. The van der Waals surface area contributed by atoms with Gasteiger partial charge < -0.3 is 10.6 Å². The second kappa shape index (κ2) is 8.35. The van der Waals surface area contributed by atoms with Crippen LogP contribution in [0.5, 0.6) is 0 Å². The van der Waals surface area contributed by atoms with Crippen LogP contribution in [0, 0.1) is 24.0 Å². The van der Waals surface area contributed by atoms with Gasteiger partial charge >= 0.3 is 0 Å². The third kappa shape index (κ3) is 4.65. The summed E-state index contributed by atoms with van der Waals surface area (Å²) in [5.41, 5.74) is 3.11. The van der Waals surface area contributed by atoms with Crippen molar-refractivity contribution in [3.8, 4) is 0 Å². The summed E-state index contributed by atoms with van der Waals surface area (Å²) in [6.45, 7) is 3.58. The number of hydrogen-bond donors (Lipinski definition) is 2. The first-order chi connectivity index (χ1) is 13.8. The Labute approximate surface area is 167 Å². The summed E-state index contributed by atoms with van der Waals surface area (Å²) < 4.78 is 0. The van der Waals surface area contributed by atoms with Gasteiger partial charge in [0.25, 0.3) is 17.5 Å². The lowest BCUT2D eigenvalue weighted by Crippen LogP contribution is -2.16. The first kappa shape index (κ1) is 19.8. The number of nitro groups is 1. The molecule has 0 bridgehead atoms. The Morgan fingerprint density at radius 1 is 0.759 bits per heavy atom. The maximum absolute atomic E-state index is 12.7. The Balaban J connectivity index is 1.82. The van der Waals surface area contributed by atoms with Crippen LogP contribution in [0.15, 0.2) is 66.7 Å². The van der Waals surface area contributed by atoms with Gasteiger partial charge in [0, 0.05) is 28.9 Å². The minimum absolute atomic E-state index is 0.106. The first-order valence-corrected chi connectivity index (χ1v) is 8.88. The predicted octanol–water partition coefficient (Wildman–Crippen LogP) is 4.72.